The highest BCUT2D eigenvalue weighted by atomic mass is 19.3. The van der Waals surface area contributed by atoms with Crippen molar-refractivity contribution in [2.24, 2.45) is 0 Å². The molecule has 1 heterocycles. The van der Waals surface area contributed by atoms with Crippen LogP contribution in [-0.4, -0.2) is 19.3 Å². The molecule has 0 unspecified atom stereocenters. The number of ether oxygens (including phenoxy) is 2. The van der Waals surface area contributed by atoms with Crippen molar-refractivity contribution in [3.05, 3.63) is 17.7 Å². The van der Waals surface area contributed by atoms with Gasteiger partial charge in [-0.1, -0.05) is 6.07 Å². The lowest BCUT2D eigenvalue weighted by Gasteiger charge is -2.27. The summed E-state index contributed by atoms with van der Waals surface area (Å²) in [5.74, 6) is 0.453. The molecule has 16 heavy (non-hydrogen) atoms. The number of benzene rings is 1. The zero-order valence-electron chi connectivity index (χ0n) is 9.09. The van der Waals surface area contributed by atoms with E-state index in [9.17, 15) is 8.78 Å². The van der Waals surface area contributed by atoms with Crippen molar-refractivity contribution in [2.75, 3.05) is 11.9 Å². The molecule has 0 amide bonds. The van der Waals surface area contributed by atoms with Crippen molar-refractivity contribution in [1.82, 2.24) is 0 Å². The van der Waals surface area contributed by atoms with Crippen LogP contribution in [0.25, 0.3) is 0 Å². The van der Waals surface area contributed by atoms with Gasteiger partial charge in [0.05, 0.1) is 12.2 Å². The van der Waals surface area contributed by atoms with E-state index in [0.29, 0.717) is 12.3 Å². The Morgan fingerprint density at radius 3 is 2.94 bits per heavy atom. The van der Waals surface area contributed by atoms with Crippen molar-refractivity contribution in [3.8, 4) is 11.5 Å². The predicted molar refractivity (Wildman–Crippen MR) is 56.4 cm³/mol. The zero-order valence-corrected chi connectivity index (χ0v) is 9.09. The van der Waals surface area contributed by atoms with Gasteiger partial charge in [0.2, 0.25) is 0 Å². The first kappa shape index (κ1) is 11.0. The Kier molecular flexibility index (Phi) is 2.85. The first-order valence-corrected chi connectivity index (χ1v) is 5.07. The minimum atomic E-state index is -2.84. The number of rotatable bonds is 2. The molecule has 0 saturated heterocycles. The van der Waals surface area contributed by atoms with Gasteiger partial charge in [0.1, 0.15) is 6.10 Å². The second-order valence-corrected chi connectivity index (χ2v) is 3.77. The van der Waals surface area contributed by atoms with Crippen molar-refractivity contribution >= 4 is 5.69 Å². The Hall–Kier alpha value is -1.52. The molecule has 3 nitrogen and oxygen atoms in total. The van der Waals surface area contributed by atoms with E-state index in [0.717, 1.165) is 11.3 Å². The number of halogens is 2. The van der Waals surface area contributed by atoms with Gasteiger partial charge in [-0.2, -0.15) is 8.78 Å². The number of hydrogen-bond acceptors (Lipinski definition) is 3. The molecule has 0 aliphatic carbocycles. The zero-order chi connectivity index (χ0) is 11.7. The van der Waals surface area contributed by atoms with Gasteiger partial charge >= 0.3 is 6.61 Å². The molecule has 1 aliphatic heterocycles. The summed E-state index contributed by atoms with van der Waals surface area (Å²) in [6.45, 7) is 1.57. The smallest absolute Gasteiger partial charge is 0.387 e. The highest BCUT2D eigenvalue weighted by molar-refractivity contribution is 5.68. The van der Waals surface area contributed by atoms with Crippen LogP contribution in [0.3, 0.4) is 0 Å². The molecular weight excluding hydrogens is 216 g/mol. The number of aryl methyl sites for hydroxylation is 1. The van der Waals surface area contributed by atoms with Gasteiger partial charge < -0.3 is 14.8 Å². The second kappa shape index (κ2) is 4.15. The van der Waals surface area contributed by atoms with Crippen LogP contribution in [0, 0.1) is 6.92 Å². The maximum absolute atomic E-state index is 12.2. The molecule has 0 radical (unpaired) electrons. The van der Waals surface area contributed by atoms with E-state index in [2.05, 4.69) is 10.1 Å². The summed E-state index contributed by atoms with van der Waals surface area (Å²) in [5, 5.41) is 3.14. The molecule has 88 valence electrons. The van der Waals surface area contributed by atoms with Gasteiger partial charge in [0.15, 0.2) is 11.5 Å². The van der Waals surface area contributed by atoms with Crippen LogP contribution in [0.1, 0.15) is 12.5 Å². The summed E-state index contributed by atoms with van der Waals surface area (Å²) < 4.78 is 34.3. The Morgan fingerprint density at radius 2 is 2.25 bits per heavy atom. The Labute approximate surface area is 92.4 Å². The van der Waals surface area contributed by atoms with Crippen LogP contribution < -0.4 is 14.8 Å². The van der Waals surface area contributed by atoms with Crippen molar-refractivity contribution in [2.45, 2.75) is 26.6 Å². The Morgan fingerprint density at radius 1 is 1.50 bits per heavy atom. The van der Waals surface area contributed by atoms with Gasteiger partial charge in [-0.05, 0) is 25.5 Å². The fourth-order valence-electron chi connectivity index (χ4n) is 1.68. The first-order valence-electron chi connectivity index (χ1n) is 5.07. The average Bonchev–Trinajstić information content (AvgIpc) is 2.22. The van der Waals surface area contributed by atoms with E-state index in [1.54, 1.807) is 6.07 Å². The topological polar surface area (TPSA) is 30.5 Å². The molecule has 1 aromatic carbocycles. The minimum Gasteiger partial charge on any atom is -0.483 e. The third kappa shape index (κ3) is 2.03. The van der Waals surface area contributed by atoms with E-state index in [4.69, 9.17) is 4.74 Å². The maximum atomic E-state index is 12.2. The molecule has 1 aromatic rings. The monoisotopic (exact) mass is 229 g/mol. The highest BCUT2D eigenvalue weighted by Crippen LogP contribution is 2.41. The summed E-state index contributed by atoms with van der Waals surface area (Å²) >= 11 is 0. The lowest BCUT2D eigenvalue weighted by atomic mass is 10.1. The molecule has 0 aromatic heterocycles. The molecule has 5 heteroatoms. The van der Waals surface area contributed by atoms with Crippen LogP contribution in [0.4, 0.5) is 14.5 Å². The number of nitrogens with one attached hydrogen (secondary N) is 1. The fraction of sp³-hybridized carbons (Fsp3) is 0.455. The largest absolute Gasteiger partial charge is 0.483 e. The van der Waals surface area contributed by atoms with Crippen LogP contribution in [-0.2, 0) is 0 Å². The molecule has 1 atom stereocenters. The van der Waals surface area contributed by atoms with Crippen molar-refractivity contribution in [3.63, 3.8) is 0 Å². The van der Waals surface area contributed by atoms with E-state index < -0.39 is 6.61 Å². The number of anilines is 1. The van der Waals surface area contributed by atoms with E-state index in [1.165, 1.54) is 6.07 Å². The predicted octanol–water partition coefficient (Wildman–Crippen LogP) is 2.79. The normalized spacial score (nSPS) is 18.7. The van der Waals surface area contributed by atoms with Crippen molar-refractivity contribution < 1.29 is 18.3 Å². The van der Waals surface area contributed by atoms with Crippen LogP contribution in [0.15, 0.2) is 12.1 Å². The quantitative estimate of drug-likeness (QED) is 0.845. The number of alkyl halides is 2. The third-order valence-corrected chi connectivity index (χ3v) is 2.43. The highest BCUT2D eigenvalue weighted by Gasteiger charge is 2.22. The third-order valence-electron chi connectivity index (χ3n) is 2.43. The number of fused-ring (bicyclic) bond motifs is 1. The van der Waals surface area contributed by atoms with Crippen LogP contribution in [0.5, 0.6) is 11.5 Å². The maximum Gasteiger partial charge on any atom is 0.387 e. The van der Waals surface area contributed by atoms with Crippen molar-refractivity contribution in [1.29, 1.82) is 0 Å². The molecular formula is C11H13F2NO2. The summed E-state index contributed by atoms with van der Waals surface area (Å²) in [4.78, 5) is 0. The standard InChI is InChI=1S/C11H13F2NO2/c1-6-3-4-8(16-11(12)13)10-9(6)14-5-7(2)15-10/h3-4,7,11,14H,5H2,1-2H3/t7-/m1/s1. The molecule has 0 saturated carbocycles. The fourth-order valence-corrected chi connectivity index (χ4v) is 1.68. The molecule has 0 bridgehead atoms. The lowest BCUT2D eigenvalue weighted by Crippen LogP contribution is -2.28. The second-order valence-electron chi connectivity index (χ2n) is 3.77. The lowest BCUT2D eigenvalue weighted by molar-refractivity contribution is -0.0519. The van der Waals surface area contributed by atoms with Gasteiger partial charge in [-0.25, -0.2) is 0 Å². The SMILES string of the molecule is Cc1ccc(OC(F)F)c2c1NC[C@@H](C)O2. The Balaban J connectivity index is 2.39. The summed E-state index contributed by atoms with van der Waals surface area (Å²) in [6.07, 6.45) is -0.0608. The van der Waals surface area contributed by atoms with Gasteiger partial charge in [0.25, 0.3) is 0 Å². The average molecular weight is 229 g/mol. The minimum absolute atomic E-state index is 0.0608. The molecule has 0 spiro atoms. The van der Waals surface area contributed by atoms with Gasteiger partial charge in [0, 0.05) is 0 Å². The van der Waals surface area contributed by atoms with Crippen LogP contribution >= 0.6 is 0 Å². The molecule has 1 aliphatic rings. The van der Waals surface area contributed by atoms with E-state index in [-0.39, 0.29) is 11.9 Å². The summed E-state index contributed by atoms with van der Waals surface area (Å²) in [5.41, 5.74) is 1.68. The molecule has 1 N–H and O–H groups in total. The Bertz CT molecular complexity index is 396. The summed E-state index contributed by atoms with van der Waals surface area (Å²) in [7, 11) is 0. The van der Waals surface area contributed by atoms with Gasteiger partial charge in [-0.15, -0.1) is 0 Å². The van der Waals surface area contributed by atoms with Gasteiger partial charge in [-0.3, -0.25) is 0 Å². The summed E-state index contributed by atoms with van der Waals surface area (Å²) in [6, 6.07) is 3.23. The number of hydrogen-bond donors (Lipinski definition) is 1. The van der Waals surface area contributed by atoms with E-state index >= 15 is 0 Å². The van der Waals surface area contributed by atoms with E-state index in [1.807, 2.05) is 13.8 Å². The first-order chi connectivity index (χ1) is 7.58. The molecule has 2 rings (SSSR count). The van der Waals surface area contributed by atoms with Crippen LogP contribution in [0.2, 0.25) is 0 Å². The molecule has 0 fully saturated rings.